The SMILES string of the molecule is C=C([O-])/C=C(\C)[O-]. The van der Waals surface area contributed by atoms with E-state index in [-0.39, 0.29) is 5.76 Å². The number of hydrogen-bond acceptors (Lipinski definition) is 2. The smallest absolute Gasteiger partial charge is 0.0543 e. The molecule has 0 unspecified atom stereocenters. The second-order valence-electron chi connectivity index (χ2n) is 1.22. The first-order valence-corrected chi connectivity index (χ1v) is 1.84. The summed E-state index contributed by atoms with van der Waals surface area (Å²) in [6.07, 6.45) is 0.944. The van der Waals surface area contributed by atoms with Crippen LogP contribution in [0, 0.1) is 0 Å². The highest BCUT2D eigenvalue weighted by molar-refractivity contribution is 5.04. The van der Waals surface area contributed by atoms with Crippen molar-refractivity contribution in [2.45, 2.75) is 6.92 Å². The van der Waals surface area contributed by atoms with Gasteiger partial charge in [-0.3, -0.25) is 0 Å². The fourth-order valence-electron chi connectivity index (χ4n) is 0.227. The van der Waals surface area contributed by atoms with Gasteiger partial charge in [0.1, 0.15) is 0 Å². The van der Waals surface area contributed by atoms with Gasteiger partial charge in [-0.2, -0.15) is 0 Å². The van der Waals surface area contributed by atoms with Crippen molar-refractivity contribution in [1.29, 1.82) is 0 Å². The van der Waals surface area contributed by atoms with E-state index >= 15 is 0 Å². The standard InChI is InChI=1S/C5H8O2/c1-4(6)3-5(2)7/h3,6-7H,1H2,2H3/p-2/b5-3+. The molecule has 0 fully saturated rings. The maximum atomic E-state index is 9.94. The molecule has 0 aliphatic carbocycles. The topological polar surface area (TPSA) is 46.1 Å². The van der Waals surface area contributed by atoms with Crippen LogP contribution in [0.5, 0.6) is 0 Å². The molecule has 0 saturated heterocycles. The second kappa shape index (κ2) is 2.29. The van der Waals surface area contributed by atoms with Gasteiger partial charge < -0.3 is 10.2 Å². The minimum atomic E-state index is -0.437. The van der Waals surface area contributed by atoms with E-state index in [1.165, 1.54) is 6.92 Å². The zero-order valence-corrected chi connectivity index (χ0v) is 4.10. The van der Waals surface area contributed by atoms with E-state index in [2.05, 4.69) is 6.58 Å². The minimum absolute atomic E-state index is 0.250. The zero-order valence-electron chi connectivity index (χ0n) is 4.10. The zero-order chi connectivity index (χ0) is 5.86. The third kappa shape index (κ3) is 5.08. The normalized spacial score (nSPS) is 11.3. The summed E-state index contributed by atoms with van der Waals surface area (Å²) in [6.45, 7) is 4.27. The highest BCUT2D eigenvalue weighted by atomic mass is 16.3. The van der Waals surface area contributed by atoms with Crippen molar-refractivity contribution in [3.8, 4) is 0 Å². The highest BCUT2D eigenvalue weighted by Gasteiger charge is 1.60. The van der Waals surface area contributed by atoms with Crippen molar-refractivity contribution in [3.05, 3.63) is 24.2 Å². The van der Waals surface area contributed by atoms with Crippen LogP contribution in [0.15, 0.2) is 24.2 Å². The van der Waals surface area contributed by atoms with Crippen molar-refractivity contribution in [1.82, 2.24) is 0 Å². The molecule has 0 rings (SSSR count). The summed E-state index contributed by atoms with van der Waals surface area (Å²) >= 11 is 0. The Balaban J connectivity index is 3.68. The summed E-state index contributed by atoms with van der Waals surface area (Å²) in [7, 11) is 0. The van der Waals surface area contributed by atoms with Gasteiger partial charge in [0, 0.05) is 0 Å². The van der Waals surface area contributed by atoms with Gasteiger partial charge in [0.25, 0.3) is 0 Å². The highest BCUT2D eigenvalue weighted by Crippen LogP contribution is 1.82. The average molecular weight is 98.1 g/mol. The van der Waals surface area contributed by atoms with Crippen molar-refractivity contribution >= 4 is 0 Å². The fourth-order valence-corrected chi connectivity index (χ4v) is 0.227. The monoisotopic (exact) mass is 98.0 g/mol. The van der Waals surface area contributed by atoms with Crippen LogP contribution in [0.1, 0.15) is 6.92 Å². The Morgan fingerprint density at radius 2 is 2.00 bits per heavy atom. The molecule has 0 amide bonds. The van der Waals surface area contributed by atoms with E-state index in [0.717, 1.165) is 6.08 Å². The van der Waals surface area contributed by atoms with Crippen LogP contribution in [-0.2, 0) is 0 Å². The van der Waals surface area contributed by atoms with Gasteiger partial charge in [-0.15, -0.1) is 18.1 Å². The number of hydrogen-bond donors (Lipinski definition) is 0. The van der Waals surface area contributed by atoms with Crippen molar-refractivity contribution in [2.24, 2.45) is 0 Å². The van der Waals surface area contributed by atoms with Gasteiger partial charge in [-0.1, -0.05) is 13.0 Å². The molecule has 0 aromatic rings. The molecule has 40 valence electrons. The Labute approximate surface area is 42.4 Å². The number of rotatable bonds is 1. The molecular weight excluding hydrogens is 92.1 g/mol. The van der Waals surface area contributed by atoms with E-state index in [9.17, 15) is 10.2 Å². The summed E-state index contributed by atoms with van der Waals surface area (Å²) in [4.78, 5) is 0. The third-order valence-electron chi connectivity index (χ3n) is 0.364. The molecule has 0 heterocycles. The summed E-state index contributed by atoms with van der Waals surface area (Å²) in [5.74, 6) is -0.687. The lowest BCUT2D eigenvalue weighted by Crippen LogP contribution is -2.03. The summed E-state index contributed by atoms with van der Waals surface area (Å²) in [6, 6.07) is 0. The van der Waals surface area contributed by atoms with E-state index in [1.807, 2.05) is 0 Å². The third-order valence-corrected chi connectivity index (χ3v) is 0.364. The quantitative estimate of drug-likeness (QED) is 0.316. The predicted octanol–water partition coefficient (Wildman–Crippen LogP) is -0.876. The second-order valence-corrected chi connectivity index (χ2v) is 1.22. The molecule has 0 aromatic heterocycles. The molecule has 0 radical (unpaired) electrons. The van der Waals surface area contributed by atoms with Crippen LogP contribution < -0.4 is 10.2 Å². The Hall–Kier alpha value is -0.920. The molecule has 2 heteroatoms. The Bertz CT molecular complexity index is 98.6. The number of allylic oxidation sites excluding steroid dienone is 2. The molecule has 0 aromatic carbocycles. The van der Waals surface area contributed by atoms with Crippen molar-refractivity contribution < 1.29 is 10.2 Å². The predicted molar refractivity (Wildman–Crippen MR) is 22.9 cm³/mol. The molecule has 0 spiro atoms. The van der Waals surface area contributed by atoms with Crippen LogP contribution in [0.2, 0.25) is 0 Å². The van der Waals surface area contributed by atoms with E-state index in [4.69, 9.17) is 0 Å². The van der Waals surface area contributed by atoms with Crippen molar-refractivity contribution in [2.75, 3.05) is 0 Å². The summed E-state index contributed by atoms with van der Waals surface area (Å²) in [5.41, 5.74) is 0. The van der Waals surface area contributed by atoms with Gasteiger partial charge in [0.05, 0.1) is 0 Å². The lowest BCUT2D eigenvalue weighted by atomic mass is 10.4. The molecule has 0 bridgehead atoms. The van der Waals surface area contributed by atoms with E-state index < -0.39 is 5.76 Å². The summed E-state index contributed by atoms with van der Waals surface area (Å²) in [5, 5.41) is 19.8. The Kier molecular flexibility index (Phi) is 1.99. The molecular formula is C5H6O2-2. The van der Waals surface area contributed by atoms with Crippen molar-refractivity contribution in [3.63, 3.8) is 0 Å². The first-order valence-electron chi connectivity index (χ1n) is 1.84. The molecule has 2 nitrogen and oxygen atoms in total. The van der Waals surface area contributed by atoms with Gasteiger partial charge >= 0.3 is 0 Å². The molecule has 0 atom stereocenters. The molecule has 0 saturated carbocycles. The van der Waals surface area contributed by atoms with Gasteiger partial charge in [0.2, 0.25) is 0 Å². The molecule has 0 aliphatic rings. The molecule has 0 N–H and O–H groups in total. The van der Waals surface area contributed by atoms with E-state index in [1.54, 1.807) is 0 Å². The lowest BCUT2D eigenvalue weighted by Gasteiger charge is -2.07. The molecule has 7 heavy (non-hydrogen) atoms. The van der Waals surface area contributed by atoms with Crippen LogP contribution in [0.4, 0.5) is 0 Å². The first kappa shape index (κ1) is 6.08. The average Bonchev–Trinajstić information content (AvgIpc) is 1.27. The first-order chi connectivity index (χ1) is 3.13. The van der Waals surface area contributed by atoms with Gasteiger partial charge in [-0.05, 0) is 0 Å². The van der Waals surface area contributed by atoms with Crippen LogP contribution in [-0.4, -0.2) is 0 Å². The lowest BCUT2D eigenvalue weighted by molar-refractivity contribution is -0.312. The van der Waals surface area contributed by atoms with Gasteiger partial charge in [-0.25, -0.2) is 0 Å². The summed E-state index contributed by atoms with van der Waals surface area (Å²) < 4.78 is 0. The van der Waals surface area contributed by atoms with E-state index in [0.29, 0.717) is 0 Å². The minimum Gasteiger partial charge on any atom is -0.876 e. The Morgan fingerprint density at radius 1 is 1.57 bits per heavy atom. The maximum absolute atomic E-state index is 9.94. The van der Waals surface area contributed by atoms with Crippen LogP contribution >= 0.6 is 0 Å². The fraction of sp³-hybridized carbons (Fsp3) is 0.200. The van der Waals surface area contributed by atoms with Crippen LogP contribution in [0.25, 0.3) is 0 Å². The maximum Gasteiger partial charge on any atom is -0.0543 e. The molecule has 0 aliphatic heterocycles. The largest absolute Gasteiger partial charge is 0.876 e. The van der Waals surface area contributed by atoms with Crippen LogP contribution in [0.3, 0.4) is 0 Å². The van der Waals surface area contributed by atoms with Gasteiger partial charge in [0.15, 0.2) is 0 Å². The Morgan fingerprint density at radius 3 is 2.00 bits per heavy atom.